The Hall–Kier alpha value is -3.07. The quantitative estimate of drug-likeness (QED) is 0.532. The van der Waals surface area contributed by atoms with E-state index in [0.717, 1.165) is 4.90 Å². The number of anilines is 1. The van der Waals surface area contributed by atoms with Crippen molar-refractivity contribution in [1.82, 2.24) is 5.32 Å². The van der Waals surface area contributed by atoms with E-state index in [9.17, 15) is 24.3 Å². The van der Waals surface area contributed by atoms with Crippen molar-refractivity contribution in [3.63, 3.8) is 0 Å². The fraction of sp³-hybridized carbons (Fsp3) is 0.0526. The first-order valence-corrected chi connectivity index (χ1v) is 9.29. The minimum absolute atomic E-state index is 0.0510. The van der Waals surface area contributed by atoms with Gasteiger partial charge in [-0.3, -0.25) is 14.9 Å². The van der Waals surface area contributed by atoms with Crippen molar-refractivity contribution in [3.8, 4) is 5.75 Å². The number of ether oxygens (including phenoxy) is 1. The van der Waals surface area contributed by atoms with Crippen LogP contribution >= 0.6 is 34.8 Å². The molecule has 0 aromatic heterocycles. The molecule has 2 aromatic rings. The highest BCUT2D eigenvalue weighted by molar-refractivity contribution is 6.40. The number of imide groups is 2. The van der Waals surface area contributed by atoms with E-state index < -0.39 is 30.4 Å². The molecule has 0 aliphatic carbocycles. The van der Waals surface area contributed by atoms with E-state index in [1.807, 2.05) is 0 Å². The zero-order valence-electron chi connectivity index (χ0n) is 14.8. The van der Waals surface area contributed by atoms with Crippen LogP contribution in [0.5, 0.6) is 5.75 Å². The molecule has 1 aliphatic rings. The molecular weight excluding hydrogens is 459 g/mol. The Labute approximate surface area is 184 Å². The maximum atomic E-state index is 12.8. The standard InChI is InChI=1S/C19H11Cl3N2O6/c20-10-1-3-11(4-2-10)24-18(28)12(17(27)23-19(24)29)5-9-6-13(21)16(14(22)7-9)30-8-15(25)26/h1-7H,8H2,(H,25,26)(H,23,27,29)/p-1/b12-5-. The summed E-state index contributed by atoms with van der Waals surface area (Å²) in [5.41, 5.74) is 0.109. The van der Waals surface area contributed by atoms with E-state index >= 15 is 0 Å². The van der Waals surface area contributed by atoms with Crippen LogP contribution in [0.25, 0.3) is 6.08 Å². The highest BCUT2D eigenvalue weighted by Crippen LogP contribution is 2.35. The number of amides is 4. The van der Waals surface area contributed by atoms with Crippen LogP contribution in [-0.2, 0) is 14.4 Å². The predicted molar refractivity (Wildman–Crippen MR) is 107 cm³/mol. The van der Waals surface area contributed by atoms with Gasteiger partial charge in [-0.2, -0.15) is 0 Å². The van der Waals surface area contributed by atoms with Gasteiger partial charge in [0.2, 0.25) is 0 Å². The lowest BCUT2D eigenvalue weighted by atomic mass is 10.1. The first kappa shape index (κ1) is 21.6. The van der Waals surface area contributed by atoms with Gasteiger partial charge in [-0.15, -0.1) is 0 Å². The average molecular weight is 469 g/mol. The SMILES string of the molecule is O=C([O-])COc1c(Cl)cc(/C=C2/C(=O)NC(=O)N(c3ccc(Cl)cc3)C2=O)cc1Cl. The van der Waals surface area contributed by atoms with Gasteiger partial charge in [0.15, 0.2) is 5.75 Å². The Bertz CT molecular complexity index is 1070. The minimum atomic E-state index is -1.47. The molecule has 4 amide bonds. The van der Waals surface area contributed by atoms with Crippen LogP contribution in [0.3, 0.4) is 0 Å². The normalized spacial score (nSPS) is 15.4. The van der Waals surface area contributed by atoms with Crippen LogP contribution in [0.2, 0.25) is 15.1 Å². The summed E-state index contributed by atoms with van der Waals surface area (Å²) in [6.07, 6.45) is 1.19. The molecular formula is C19H10Cl3N2O6-. The number of carboxylic acids is 1. The number of hydrogen-bond donors (Lipinski definition) is 1. The topological polar surface area (TPSA) is 116 Å². The summed E-state index contributed by atoms with van der Waals surface area (Å²) in [6, 6.07) is 7.59. The van der Waals surface area contributed by atoms with Gasteiger partial charge in [-0.05, 0) is 48.0 Å². The van der Waals surface area contributed by atoms with Crippen molar-refractivity contribution >= 4 is 70.4 Å². The van der Waals surface area contributed by atoms with E-state index in [4.69, 9.17) is 39.5 Å². The van der Waals surface area contributed by atoms with Gasteiger partial charge >= 0.3 is 6.03 Å². The number of nitrogens with zero attached hydrogens (tertiary/aromatic N) is 1. The Morgan fingerprint density at radius 2 is 1.67 bits per heavy atom. The fourth-order valence-electron chi connectivity index (χ4n) is 2.58. The van der Waals surface area contributed by atoms with Crippen LogP contribution in [-0.4, -0.2) is 30.4 Å². The molecule has 0 spiro atoms. The van der Waals surface area contributed by atoms with Crippen molar-refractivity contribution in [2.45, 2.75) is 0 Å². The van der Waals surface area contributed by atoms with Crippen molar-refractivity contribution in [2.75, 3.05) is 11.5 Å². The number of benzene rings is 2. The molecule has 1 N–H and O–H groups in total. The number of halogens is 3. The molecule has 0 radical (unpaired) electrons. The minimum Gasteiger partial charge on any atom is -0.546 e. The summed E-state index contributed by atoms with van der Waals surface area (Å²) in [7, 11) is 0. The largest absolute Gasteiger partial charge is 0.546 e. The third-order valence-electron chi connectivity index (χ3n) is 3.85. The monoisotopic (exact) mass is 467 g/mol. The lowest BCUT2D eigenvalue weighted by Gasteiger charge is -2.26. The van der Waals surface area contributed by atoms with E-state index in [1.165, 1.54) is 42.5 Å². The molecule has 2 aromatic carbocycles. The van der Waals surface area contributed by atoms with Gasteiger partial charge in [0.1, 0.15) is 12.2 Å². The number of carbonyl (C=O) groups is 4. The molecule has 3 rings (SSSR count). The van der Waals surface area contributed by atoms with Crippen molar-refractivity contribution in [1.29, 1.82) is 0 Å². The van der Waals surface area contributed by atoms with E-state index in [1.54, 1.807) is 0 Å². The predicted octanol–water partition coefficient (Wildman–Crippen LogP) is 2.44. The molecule has 1 fully saturated rings. The summed E-state index contributed by atoms with van der Waals surface area (Å²) in [6.45, 7) is -0.765. The van der Waals surface area contributed by atoms with Crippen LogP contribution in [0.1, 0.15) is 5.56 Å². The number of carboxylic acid groups (broad SMARTS) is 1. The lowest BCUT2D eigenvalue weighted by molar-refractivity contribution is -0.307. The fourth-order valence-corrected chi connectivity index (χ4v) is 3.32. The number of barbiturate groups is 1. The Morgan fingerprint density at radius 3 is 2.23 bits per heavy atom. The summed E-state index contributed by atoms with van der Waals surface area (Å²) in [5, 5.41) is 12.9. The summed E-state index contributed by atoms with van der Waals surface area (Å²) in [5.74, 6) is -3.33. The number of hydrogen-bond acceptors (Lipinski definition) is 6. The summed E-state index contributed by atoms with van der Waals surface area (Å²) < 4.78 is 4.96. The second-order valence-electron chi connectivity index (χ2n) is 5.91. The first-order valence-electron chi connectivity index (χ1n) is 8.16. The second kappa shape index (κ2) is 8.74. The van der Waals surface area contributed by atoms with Crippen LogP contribution in [0, 0.1) is 0 Å². The maximum absolute atomic E-state index is 12.8. The molecule has 0 bridgehead atoms. The van der Waals surface area contributed by atoms with E-state index in [2.05, 4.69) is 5.32 Å². The number of rotatable bonds is 5. The highest BCUT2D eigenvalue weighted by Gasteiger charge is 2.36. The van der Waals surface area contributed by atoms with Crippen LogP contribution in [0.15, 0.2) is 42.0 Å². The Kier molecular flexibility index (Phi) is 6.31. The number of aliphatic carboxylic acids is 1. The van der Waals surface area contributed by atoms with Gasteiger partial charge in [-0.25, -0.2) is 9.69 Å². The molecule has 1 saturated heterocycles. The molecule has 11 heteroatoms. The van der Waals surface area contributed by atoms with Gasteiger partial charge in [0, 0.05) is 5.02 Å². The van der Waals surface area contributed by atoms with E-state index in [-0.39, 0.29) is 32.6 Å². The van der Waals surface area contributed by atoms with Crippen molar-refractivity contribution in [2.24, 2.45) is 0 Å². The number of carbonyl (C=O) groups excluding carboxylic acids is 4. The molecule has 1 heterocycles. The van der Waals surface area contributed by atoms with Gasteiger partial charge in [0.05, 0.1) is 21.7 Å². The summed E-state index contributed by atoms with van der Waals surface area (Å²) >= 11 is 17.9. The molecule has 0 saturated carbocycles. The Morgan fingerprint density at radius 1 is 1.07 bits per heavy atom. The van der Waals surface area contributed by atoms with Gasteiger partial charge < -0.3 is 14.6 Å². The molecule has 0 unspecified atom stereocenters. The van der Waals surface area contributed by atoms with Gasteiger partial charge in [0.25, 0.3) is 11.8 Å². The third-order valence-corrected chi connectivity index (χ3v) is 4.67. The molecule has 30 heavy (non-hydrogen) atoms. The maximum Gasteiger partial charge on any atom is 0.335 e. The zero-order chi connectivity index (χ0) is 22.0. The van der Waals surface area contributed by atoms with Crippen LogP contribution < -0.4 is 20.1 Å². The molecule has 8 nitrogen and oxygen atoms in total. The van der Waals surface area contributed by atoms with E-state index in [0.29, 0.717) is 5.02 Å². The van der Waals surface area contributed by atoms with Crippen LogP contribution in [0.4, 0.5) is 10.5 Å². The Balaban J connectivity index is 1.96. The highest BCUT2D eigenvalue weighted by atomic mass is 35.5. The lowest BCUT2D eigenvalue weighted by Crippen LogP contribution is -2.54. The van der Waals surface area contributed by atoms with Gasteiger partial charge in [-0.1, -0.05) is 34.8 Å². The zero-order valence-corrected chi connectivity index (χ0v) is 17.0. The molecule has 154 valence electrons. The molecule has 1 aliphatic heterocycles. The van der Waals surface area contributed by atoms with Crippen molar-refractivity contribution < 1.29 is 29.0 Å². The first-order chi connectivity index (χ1) is 14.2. The molecule has 0 atom stereocenters. The average Bonchev–Trinajstić information content (AvgIpc) is 2.65. The number of nitrogens with one attached hydrogen (secondary N) is 1. The smallest absolute Gasteiger partial charge is 0.335 e. The summed E-state index contributed by atoms with van der Waals surface area (Å²) in [4.78, 5) is 48.6. The second-order valence-corrected chi connectivity index (χ2v) is 7.16. The third kappa shape index (κ3) is 4.56. The van der Waals surface area contributed by atoms with Crippen molar-refractivity contribution in [3.05, 3.63) is 62.6 Å². The number of urea groups is 1.